The van der Waals surface area contributed by atoms with Gasteiger partial charge in [0.15, 0.2) is 0 Å². The van der Waals surface area contributed by atoms with Crippen LogP contribution in [0, 0.1) is 13.8 Å². The van der Waals surface area contributed by atoms with E-state index in [1.807, 2.05) is 38.1 Å². The molecule has 0 saturated heterocycles. The molecule has 3 rings (SSSR count). The number of anilines is 2. The number of rotatable bonds is 2. The summed E-state index contributed by atoms with van der Waals surface area (Å²) in [5.41, 5.74) is 5.12. The maximum absolute atomic E-state index is 12.3. The summed E-state index contributed by atoms with van der Waals surface area (Å²) in [7, 11) is 0. The van der Waals surface area contributed by atoms with Crippen LogP contribution < -0.4 is 10.6 Å². The van der Waals surface area contributed by atoms with Crippen LogP contribution in [-0.2, 0) is 11.2 Å². The van der Waals surface area contributed by atoms with Gasteiger partial charge in [-0.25, -0.2) is 0 Å². The predicted octanol–water partition coefficient (Wildman–Crippen LogP) is 3.05. The highest BCUT2D eigenvalue weighted by molar-refractivity contribution is 6.07. The van der Waals surface area contributed by atoms with Gasteiger partial charge in [0, 0.05) is 16.9 Å². The van der Waals surface area contributed by atoms with Gasteiger partial charge < -0.3 is 10.6 Å². The standard InChI is InChI=1S/C17H16N2O2/c1-10-3-4-11(2)14(7-10)19-17(21)13-6-5-12-9-16(20)18-15(12)8-13/h3-8H,9H2,1-2H3,(H,18,20)(H,19,21). The van der Waals surface area contributed by atoms with Crippen LogP contribution in [0.15, 0.2) is 36.4 Å². The van der Waals surface area contributed by atoms with Crippen molar-refractivity contribution in [2.75, 3.05) is 10.6 Å². The Balaban J connectivity index is 1.85. The van der Waals surface area contributed by atoms with Gasteiger partial charge >= 0.3 is 0 Å². The lowest BCUT2D eigenvalue weighted by Crippen LogP contribution is -2.13. The Hall–Kier alpha value is -2.62. The summed E-state index contributed by atoms with van der Waals surface area (Å²) in [6.45, 7) is 3.94. The Morgan fingerprint density at radius 3 is 2.76 bits per heavy atom. The fourth-order valence-corrected chi connectivity index (χ4v) is 2.42. The minimum Gasteiger partial charge on any atom is -0.326 e. The van der Waals surface area contributed by atoms with Crippen LogP contribution >= 0.6 is 0 Å². The first-order valence-electron chi connectivity index (χ1n) is 6.84. The quantitative estimate of drug-likeness (QED) is 0.888. The summed E-state index contributed by atoms with van der Waals surface area (Å²) < 4.78 is 0. The number of carbonyl (C=O) groups is 2. The molecule has 2 aromatic rings. The lowest BCUT2D eigenvalue weighted by atomic mass is 10.1. The smallest absolute Gasteiger partial charge is 0.255 e. The normalized spacial score (nSPS) is 12.8. The van der Waals surface area contributed by atoms with Gasteiger partial charge in [0.05, 0.1) is 6.42 Å². The molecule has 0 spiro atoms. The fourth-order valence-electron chi connectivity index (χ4n) is 2.42. The van der Waals surface area contributed by atoms with Gasteiger partial charge in [0.25, 0.3) is 5.91 Å². The summed E-state index contributed by atoms with van der Waals surface area (Å²) in [5, 5.41) is 5.68. The summed E-state index contributed by atoms with van der Waals surface area (Å²) in [4.78, 5) is 23.7. The van der Waals surface area contributed by atoms with Crippen molar-refractivity contribution in [3.05, 3.63) is 58.7 Å². The molecule has 2 aromatic carbocycles. The molecule has 1 heterocycles. The van der Waals surface area contributed by atoms with E-state index in [0.717, 1.165) is 28.1 Å². The summed E-state index contributed by atoms with van der Waals surface area (Å²) in [6, 6.07) is 11.2. The van der Waals surface area contributed by atoms with Crippen LogP contribution in [0.1, 0.15) is 27.0 Å². The Kier molecular flexibility index (Phi) is 3.22. The maximum Gasteiger partial charge on any atom is 0.255 e. The molecule has 21 heavy (non-hydrogen) atoms. The molecule has 4 nitrogen and oxygen atoms in total. The molecule has 0 aliphatic carbocycles. The second kappa shape index (κ2) is 5.05. The van der Waals surface area contributed by atoms with Gasteiger partial charge in [-0.15, -0.1) is 0 Å². The lowest BCUT2D eigenvalue weighted by Gasteiger charge is -2.10. The molecule has 0 radical (unpaired) electrons. The molecule has 0 atom stereocenters. The summed E-state index contributed by atoms with van der Waals surface area (Å²) in [6.07, 6.45) is 0.383. The van der Waals surface area contributed by atoms with Crippen LogP contribution in [0.25, 0.3) is 0 Å². The number of aryl methyl sites for hydroxylation is 2. The Bertz CT molecular complexity index is 750. The average Bonchev–Trinajstić information content (AvgIpc) is 2.81. The van der Waals surface area contributed by atoms with Gasteiger partial charge in [-0.3, -0.25) is 9.59 Å². The van der Waals surface area contributed by atoms with E-state index in [0.29, 0.717) is 12.0 Å². The number of benzene rings is 2. The van der Waals surface area contributed by atoms with Crippen LogP contribution in [0.2, 0.25) is 0 Å². The minimum absolute atomic E-state index is 0.0305. The first-order valence-corrected chi connectivity index (χ1v) is 6.84. The zero-order valence-electron chi connectivity index (χ0n) is 12.0. The van der Waals surface area contributed by atoms with E-state index in [4.69, 9.17) is 0 Å². The van der Waals surface area contributed by atoms with E-state index in [-0.39, 0.29) is 11.8 Å². The third kappa shape index (κ3) is 2.65. The summed E-state index contributed by atoms with van der Waals surface area (Å²) >= 11 is 0. The van der Waals surface area contributed by atoms with Crippen molar-refractivity contribution >= 4 is 23.2 Å². The van der Waals surface area contributed by atoms with E-state index >= 15 is 0 Å². The molecule has 0 fully saturated rings. The van der Waals surface area contributed by atoms with Gasteiger partial charge in [-0.2, -0.15) is 0 Å². The van der Waals surface area contributed by atoms with E-state index in [1.165, 1.54) is 0 Å². The van der Waals surface area contributed by atoms with Crippen molar-refractivity contribution in [3.63, 3.8) is 0 Å². The number of fused-ring (bicyclic) bond motifs is 1. The number of amides is 2. The highest BCUT2D eigenvalue weighted by atomic mass is 16.2. The van der Waals surface area contributed by atoms with Crippen molar-refractivity contribution < 1.29 is 9.59 Å². The average molecular weight is 280 g/mol. The Labute approximate surface area is 123 Å². The van der Waals surface area contributed by atoms with Crippen molar-refractivity contribution in [1.82, 2.24) is 0 Å². The van der Waals surface area contributed by atoms with Gasteiger partial charge in [-0.1, -0.05) is 18.2 Å². The zero-order valence-corrected chi connectivity index (χ0v) is 12.0. The molecule has 0 unspecified atom stereocenters. The third-order valence-corrected chi connectivity index (χ3v) is 3.64. The predicted molar refractivity (Wildman–Crippen MR) is 82.6 cm³/mol. The number of nitrogens with one attached hydrogen (secondary N) is 2. The Morgan fingerprint density at radius 1 is 1.14 bits per heavy atom. The molecule has 2 N–H and O–H groups in total. The highest BCUT2D eigenvalue weighted by Gasteiger charge is 2.19. The second-order valence-electron chi connectivity index (χ2n) is 5.37. The molecular formula is C17H16N2O2. The second-order valence-corrected chi connectivity index (χ2v) is 5.37. The monoisotopic (exact) mass is 280 g/mol. The Morgan fingerprint density at radius 2 is 1.95 bits per heavy atom. The molecule has 1 aliphatic heterocycles. The van der Waals surface area contributed by atoms with E-state index < -0.39 is 0 Å². The van der Waals surface area contributed by atoms with Crippen LogP contribution in [-0.4, -0.2) is 11.8 Å². The molecular weight excluding hydrogens is 264 g/mol. The SMILES string of the molecule is Cc1ccc(C)c(NC(=O)c2ccc3c(c2)NC(=O)C3)c1. The van der Waals surface area contributed by atoms with Crippen molar-refractivity contribution in [1.29, 1.82) is 0 Å². The molecule has 1 aliphatic rings. The molecule has 0 aromatic heterocycles. The number of carbonyl (C=O) groups excluding carboxylic acids is 2. The van der Waals surface area contributed by atoms with Crippen molar-refractivity contribution in [2.24, 2.45) is 0 Å². The van der Waals surface area contributed by atoms with Gasteiger partial charge in [0.2, 0.25) is 5.91 Å². The van der Waals surface area contributed by atoms with Crippen LogP contribution in [0.5, 0.6) is 0 Å². The van der Waals surface area contributed by atoms with E-state index in [1.54, 1.807) is 12.1 Å². The summed E-state index contributed by atoms with van der Waals surface area (Å²) in [5.74, 6) is -0.204. The fraction of sp³-hybridized carbons (Fsp3) is 0.176. The number of hydrogen-bond donors (Lipinski definition) is 2. The lowest BCUT2D eigenvalue weighted by molar-refractivity contribution is -0.115. The van der Waals surface area contributed by atoms with Crippen LogP contribution in [0.3, 0.4) is 0 Å². The van der Waals surface area contributed by atoms with E-state index in [2.05, 4.69) is 10.6 Å². The van der Waals surface area contributed by atoms with Crippen molar-refractivity contribution in [3.8, 4) is 0 Å². The third-order valence-electron chi connectivity index (χ3n) is 3.64. The van der Waals surface area contributed by atoms with E-state index in [9.17, 15) is 9.59 Å². The topological polar surface area (TPSA) is 58.2 Å². The zero-order chi connectivity index (χ0) is 15.0. The molecule has 0 bridgehead atoms. The molecule has 2 amide bonds. The molecule has 0 saturated carbocycles. The van der Waals surface area contributed by atoms with Crippen LogP contribution in [0.4, 0.5) is 11.4 Å². The first kappa shape index (κ1) is 13.4. The highest BCUT2D eigenvalue weighted by Crippen LogP contribution is 2.25. The van der Waals surface area contributed by atoms with Crippen molar-refractivity contribution in [2.45, 2.75) is 20.3 Å². The van der Waals surface area contributed by atoms with Gasteiger partial charge in [-0.05, 0) is 48.7 Å². The molecule has 106 valence electrons. The number of hydrogen-bond acceptors (Lipinski definition) is 2. The van der Waals surface area contributed by atoms with Gasteiger partial charge in [0.1, 0.15) is 0 Å². The first-order chi connectivity index (χ1) is 10.0. The molecule has 4 heteroatoms. The maximum atomic E-state index is 12.3. The largest absolute Gasteiger partial charge is 0.326 e. The minimum atomic E-state index is -0.173.